The molecule has 12 nitrogen and oxygen atoms in total. The fourth-order valence-electron chi connectivity index (χ4n) is 0.918. The molecule has 1 unspecified atom stereocenters. The molecule has 6 N–H and O–H groups in total. The van der Waals surface area contributed by atoms with Gasteiger partial charge in [0.2, 0.25) is 0 Å². The van der Waals surface area contributed by atoms with Crippen LogP contribution in [0.1, 0.15) is 0 Å². The van der Waals surface area contributed by atoms with Gasteiger partial charge in [-0.2, -0.15) is 0 Å². The monoisotopic (exact) mass is 335 g/mol. The number of nitrogens with two attached hydrogens (primary N) is 1. The van der Waals surface area contributed by atoms with E-state index in [-0.39, 0.29) is 29.6 Å². The Hall–Kier alpha value is -0.390. The quantitative estimate of drug-likeness (QED) is 0.261. The number of aromatic nitrogens is 4. The van der Waals surface area contributed by atoms with Gasteiger partial charge < -0.3 is 30.3 Å². The second-order valence-corrected chi connectivity index (χ2v) is 5.47. The Balaban J connectivity index is 0.000000347. The first-order chi connectivity index (χ1) is 8.58. The average Bonchev–Trinajstić information content (AvgIpc) is 2.61. The van der Waals surface area contributed by atoms with Gasteiger partial charge in [-0.25, -0.2) is 23.8 Å². The molecule has 0 spiro atoms. The molecule has 0 aliphatic heterocycles. The van der Waals surface area contributed by atoms with E-state index < -0.39 is 15.6 Å². The predicted octanol–water partition coefficient (Wildman–Crippen LogP) is -4.50. The Kier molecular flexibility index (Phi) is 7.42. The van der Waals surface area contributed by atoms with Crippen molar-refractivity contribution in [1.82, 2.24) is 19.9 Å². The molecule has 0 aromatic carbocycles. The van der Waals surface area contributed by atoms with Crippen LogP contribution in [0.25, 0.3) is 11.2 Å². The van der Waals surface area contributed by atoms with E-state index in [4.69, 9.17) is 20.4 Å². The topological polar surface area (TPSA) is 208 Å². The molecule has 15 heteroatoms. The number of nitrogens with zero attached hydrogens (tertiary/aromatic N) is 3. The minimum atomic E-state index is -5.30. The van der Waals surface area contributed by atoms with Crippen molar-refractivity contribution in [1.29, 1.82) is 0 Å². The molecular formula is C5H8N5NaO7P2. The van der Waals surface area contributed by atoms with Gasteiger partial charge in [-0.05, 0) is 0 Å². The summed E-state index contributed by atoms with van der Waals surface area (Å²) in [4.78, 5) is 47.0. The molecule has 0 fully saturated rings. The molecule has 0 saturated heterocycles. The van der Waals surface area contributed by atoms with Gasteiger partial charge in [-0.3, -0.25) is 4.57 Å². The number of aromatic amines is 1. The minimum absolute atomic E-state index is 0. The van der Waals surface area contributed by atoms with E-state index in [1.54, 1.807) is 0 Å². The van der Waals surface area contributed by atoms with Crippen molar-refractivity contribution in [3.05, 3.63) is 12.7 Å². The van der Waals surface area contributed by atoms with E-state index in [9.17, 15) is 14.0 Å². The second kappa shape index (κ2) is 7.57. The van der Waals surface area contributed by atoms with E-state index in [2.05, 4.69) is 24.2 Å². The standard InChI is InChI=1S/C5H5N5.Na.H4O7P2/c6-4-3-5(9-1-7-3)10-2-8-4;;1-8(2,3)7-9(4,5)6/h1-2H,(H3,6,7,8,9,10);;(H2,1,2,3)(H2,4,5,6)/q;+1;/p-1. The molecule has 0 bridgehead atoms. The third kappa shape index (κ3) is 7.41. The van der Waals surface area contributed by atoms with Gasteiger partial charge in [0, 0.05) is 0 Å². The third-order valence-electron chi connectivity index (χ3n) is 1.46. The molecule has 0 radical (unpaired) electrons. The van der Waals surface area contributed by atoms with E-state index >= 15 is 0 Å². The summed E-state index contributed by atoms with van der Waals surface area (Å²) in [5.41, 5.74) is 6.77. The summed E-state index contributed by atoms with van der Waals surface area (Å²) < 4.78 is 21.9. The smallest absolute Gasteiger partial charge is 0.756 e. The molecular weight excluding hydrogens is 327 g/mol. The number of nitrogens with one attached hydrogen (secondary N) is 1. The van der Waals surface area contributed by atoms with Crippen LogP contribution in [0, 0.1) is 0 Å². The van der Waals surface area contributed by atoms with Crippen molar-refractivity contribution in [2.24, 2.45) is 0 Å². The summed E-state index contributed by atoms with van der Waals surface area (Å²) >= 11 is 0. The minimum Gasteiger partial charge on any atom is -0.756 e. The Morgan fingerprint density at radius 3 is 2.25 bits per heavy atom. The van der Waals surface area contributed by atoms with Crippen LogP contribution in [0.2, 0.25) is 0 Å². The van der Waals surface area contributed by atoms with Gasteiger partial charge in [-0.15, -0.1) is 0 Å². The maximum Gasteiger partial charge on any atom is 1.00 e. The number of fused-ring (bicyclic) bond motifs is 1. The molecule has 0 aliphatic rings. The predicted molar refractivity (Wildman–Crippen MR) is 59.1 cm³/mol. The van der Waals surface area contributed by atoms with Crippen molar-refractivity contribution in [3.8, 4) is 0 Å². The fraction of sp³-hybridized carbons (Fsp3) is 0. The summed E-state index contributed by atoms with van der Waals surface area (Å²) in [6, 6.07) is 0. The van der Waals surface area contributed by atoms with Crippen LogP contribution in [0.15, 0.2) is 12.7 Å². The number of hydrogen-bond donors (Lipinski definition) is 5. The van der Waals surface area contributed by atoms with Crippen LogP contribution in [0.4, 0.5) is 5.82 Å². The Morgan fingerprint density at radius 1 is 1.25 bits per heavy atom. The first kappa shape index (κ1) is 19.6. The number of nitrogen functional groups attached to an aromatic ring is 1. The number of rotatable bonds is 2. The number of hydrogen-bond acceptors (Lipinski definition) is 8. The molecule has 0 saturated carbocycles. The van der Waals surface area contributed by atoms with E-state index in [1.807, 2.05) is 0 Å². The van der Waals surface area contributed by atoms with E-state index in [0.717, 1.165) is 0 Å². The van der Waals surface area contributed by atoms with Gasteiger partial charge in [0.1, 0.15) is 11.8 Å². The molecule has 1 atom stereocenters. The zero-order valence-electron chi connectivity index (χ0n) is 9.94. The average molecular weight is 335 g/mol. The number of phosphoric acid groups is 2. The Bertz CT molecular complexity index is 632. The first-order valence-electron chi connectivity index (χ1n) is 4.29. The molecule has 2 rings (SSSR count). The Labute approximate surface area is 133 Å². The zero-order valence-corrected chi connectivity index (χ0v) is 13.7. The van der Waals surface area contributed by atoms with Crippen LogP contribution in [-0.4, -0.2) is 34.6 Å². The normalized spacial score (nSPS) is 13.8. The maximum absolute atomic E-state index is 9.59. The molecule has 106 valence electrons. The van der Waals surface area contributed by atoms with Gasteiger partial charge in [-0.1, -0.05) is 0 Å². The largest absolute Gasteiger partial charge is 1.00 e. The van der Waals surface area contributed by atoms with Gasteiger partial charge in [0.25, 0.3) is 7.82 Å². The van der Waals surface area contributed by atoms with Crippen molar-refractivity contribution in [2.45, 2.75) is 0 Å². The number of anilines is 1. The van der Waals surface area contributed by atoms with Crippen LogP contribution in [0.3, 0.4) is 0 Å². The van der Waals surface area contributed by atoms with Gasteiger partial charge in [0.15, 0.2) is 11.5 Å². The Morgan fingerprint density at radius 2 is 1.85 bits per heavy atom. The second-order valence-electron chi connectivity index (χ2n) is 2.90. The molecule has 0 aliphatic carbocycles. The first-order valence-corrected chi connectivity index (χ1v) is 7.31. The van der Waals surface area contributed by atoms with Crippen molar-refractivity contribution in [3.63, 3.8) is 0 Å². The van der Waals surface area contributed by atoms with Crippen LogP contribution < -0.4 is 40.2 Å². The summed E-state index contributed by atoms with van der Waals surface area (Å²) in [6.45, 7) is 0. The van der Waals surface area contributed by atoms with E-state index in [1.165, 1.54) is 12.7 Å². The molecule has 2 aromatic heterocycles. The molecule has 0 amide bonds. The summed E-state index contributed by atoms with van der Waals surface area (Å²) in [5, 5.41) is 0. The van der Waals surface area contributed by atoms with Gasteiger partial charge >= 0.3 is 37.4 Å². The van der Waals surface area contributed by atoms with E-state index in [0.29, 0.717) is 17.0 Å². The van der Waals surface area contributed by atoms with Crippen LogP contribution in [0.5, 0.6) is 0 Å². The number of H-pyrrole nitrogens is 1. The van der Waals surface area contributed by atoms with Crippen molar-refractivity contribution < 1.29 is 62.6 Å². The number of imidazole rings is 1. The molecule has 2 aromatic rings. The molecule has 20 heavy (non-hydrogen) atoms. The summed E-state index contributed by atoms with van der Waals surface area (Å²) in [6.07, 6.45) is 2.94. The zero-order chi connectivity index (χ0) is 14.7. The van der Waals surface area contributed by atoms with Crippen LogP contribution in [-0.2, 0) is 13.4 Å². The van der Waals surface area contributed by atoms with Crippen molar-refractivity contribution in [2.75, 3.05) is 5.73 Å². The third-order valence-corrected chi connectivity index (χ3v) is 3.13. The SMILES string of the molecule is Nc1ncnc2[nH]cnc12.O=P([O-])(O)OP(=O)(O)O.[Na+]. The summed E-state index contributed by atoms with van der Waals surface area (Å²) in [5.74, 6) is 0.409. The summed E-state index contributed by atoms with van der Waals surface area (Å²) in [7, 11) is -10.4. The fourth-order valence-corrected chi connectivity index (χ4v) is 1.99. The van der Waals surface area contributed by atoms with Crippen molar-refractivity contribution >= 4 is 32.6 Å². The molecule has 2 heterocycles. The van der Waals surface area contributed by atoms with Gasteiger partial charge in [0.05, 0.1) is 6.33 Å². The van der Waals surface area contributed by atoms with Crippen LogP contribution >= 0.6 is 15.6 Å². The maximum atomic E-state index is 9.59.